The van der Waals surface area contributed by atoms with Crippen molar-refractivity contribution in [1.29, 1.82) is 0 Å². The van der Waals surface area contributed by atoms with Crippen molar-refractivity contribution >= 4 is 29.2 Å². The zero-order chi connectivity index (χ0) is 17.5. The minimum atomic E-state index is -0.783. The van der Waals surface area contributed by atoms with Crippen LogP contribution in [0.5, 0.6) is 0 Å². The Morgan fingerprint density at radius 1 is 1.38 bits per heavy atom. The van der Waals surface area contributed by atoms with Crippen molar-refractivity contribution in [2.45, 2.75) is 20.0 Å². The summed E-state index contributed by atoms with van der Waals surface area (Å²) in [5.74, 6) is -1.000. The quantitative estimate of drug-likeness (QED) is 0.725. The molecule has 0 fully saturated rings. The number of esters is 1. The molecule has 0 bridgehead atoms. The number of urea groups is 1. The van der Waals surface area contributed by atoms with E-state index in [1.165, 1.54) is 10.8 Å². The summed E-state index contributed by atoms with van der Waals surface area (Å²) in [4.78, 5) is 45.8. The molecule has 2 heterocycles. The lowest BCUT2D eigenvalue weighted by molar-refractivity contribution is -0.148. The number of furan rings is 1. The first kappa shape index (κ1) is 17.5. The Balaban J connectivity index is 1.69. The Labute approximate surface area is 140 Å². The molecule has 0 aromatic carbocycles. The number of rotatable bonds is 6. The first-order chi connectivity index (χ1) is 11.5. The highest BCUT2D eigenvalue weighted by Crippen LogP contribution is 2.00. The summed E-state index contributed by atoms with van der Waals surface area (Å²) in [5, 5.41) is 6.03. The molecule has 0 saturated heterocycles. The summed E-state index contributed by atoms with van der Waals surface area (Å²) in [7, 11) is 0. The number of hydrogen-bond donors (Lipinski definition) is 2. The summed E-state index contributed by atoms with van der Waals surface area (Å²) >= 11 is 0.970. The average molecular weight is 353 g/mol. The maximum absolute atomic E-state index is 11.6. The number of nitrogens with one attached hydrogen (secondary N) is 2. The highest BCUT2D eigenvalue weighted by molar-refractivity contribution is 7.07. The molecule has 0 aliphatic heterocycles. The molecule has 2 aromatic rings. The minimum Gasteiger partial charge on any atom is -0.467 e. The average Bonchev–Trinajstić information content (AvgIpc) is 3.16. The van der Waals surface area contributed by atoms with E-state index in [0.29, 0.717) is 11.5 Å². The number of nitrogens with zero attached hydrogens (tertiary/aromatic N) is 1. The van der Waals surface area contributed by atoms with Crippen molar-refractivity contribution in [3.63, 3.8) is 0 Å². The maximum Gasteiger partial charge on any atom is 0.326 e. The third kappa shape index (κ3) is 5.09. The fraction of sp³-hybridized carbons (Fsp3) is 0.286. The van der Waals surface area contributed by atoms with E-state index in [0.717, 1.165) is 11.3 Å². The molecule has 2 rings (SSSR count). The Kier molecular flexibility index (Phi) is 5.90. The van der Waals surface area contributed by atoms with Gasteiger partial charge in [0.1, 0.15) is 12.3 Å². The molecule has 3 amide bonds. The lowest BCUT2D eigenvalue weighted by atomic mass is 10.4. The number of amides is 3. The van der Waals surface area contributed by atoms with Gasteiger partial charge in [-0.15, -0.1) is 0 Å². The van der Waals surface area contributed by atoms with Crippen LogP contribution < -0.4 is 15.5 Å². The van der Waals surface area contributed by atoms with Crippen LogP contribution in [0.1, 0.15) is 11.5 Å². The summed E-state index contributed by atoms with van der Waals surface area (Å²) in [5.41, 5.74) is 0.628. The number of aryl methyl sites for hydroxylation is 1. The van der Waals surface area contributed by atoms with Gasteiger partial charge < -0.3 is 14.5 Å². The van der Waals surface area contributed by atoms with Crippen LogP contribution in [-0.4, -0.2) is 29.1 Å². The highest BCUT2D eigenvalue weighted by atomic mass is 32.1. The smallest absolute Gasteiger partial charge is 0.326 e. The van der Waals surface area contributed by atoms with Gasteiger partial charge in [0, 0.05) is 11.1 Å². The van der Waals surface area contributed by atoms with Gasteiger partial charge >= 0.3 is 16.9 Å². The van der Waals surface area contributed by atoms with Crippen LogP contribution in [0.15, 0.2) is 33.0 Å². The molecule has 128 valence electrons. The molecule has 2 aromatic heterocycles. The summed E-state index contributed by atoms with van der Waals surface area (Å²) in [6.45, 7) is 0.893. The van der Waals surface area contributed by atoms with Crippen LogP contribution in [0.3, 0.4) is 0 Å². The summed E-state index contributed by atoms with van der Waals surface area (Å²) in [6.07, 6.45) is 1.46. The van der Waals surface area contributed by atoms with Crippen LogP contribution in [0, 0.1) is 6.92 Å². The van der Waals surface area contributed by atoms with E-state index in [2.05, 4.69) is 5.32 Å². The van der Waals surface area contributed by atoms with Crippen molar-refractivity contribution in [2.24, 2.45) is 0 Å². The molecule has 9 nitrogen and oxygen atoms in total. The van der Waals surface area contributed by atoms with Gasteiger partial charge in [-0.2, -0.15) is 0 Å². The SMILES string of the molecule is Cc1csc(=O)n1CC(=O)OCC(=O)NC(=O)NCc1ccco1. The topological polar surface area (TPSA) is 120 Å². The lowest BCUT2D eigenvalue weighted by Crippen LogP contribution is -2.41. The van der Waals surface area contributed by atoms with Gasteiger partial charge in [0.2, 0.25) is 0 Å². The zero-order valence-corrected chi connectivity index (χ0v) is 13.6. The molecule has 0 aliphatic carbocycles. The molecule has 24 heavy (non-hydrogen) atoms. The van der Waals surface area contributed by atoms with Crippen LogP contribution in [0.2, 0.25) is 0 Å². The molecular formula is C14H15N3O6S. The fourth-order valence-corrected chi connectivity index (χ4v) is 2.44. The molecule has 0 radical (unpaired) electrons. The third-order valence-corrected chi connectivity index (χ3v) is 3.77. The number of thiazole rings is 1. The highest BCUT2D eigenvalue weighted by Gasteiger charge is 2.13. The Hall–Kier alpha value is -2.88. The van der Waals surface area contributed by atoms with Gasteiger partial charge in [-0.1, -0.05) is 11.3 Å². The minimum absolute atomic E-state index is 0.117. The van der Waals surface area contributed by atoms with E-state index < -0.39 is 24.5 Å². The van der Waals surface area contributed by atoms with Crippen LogP contribution in [0.4, 0.5) is 4.79 Å². The van der Waals surface area contributed by atoms with E-state index in [9.17, 15) is 19.2 Å². The van der Waals surface area contributed by atoms with E-state index in [4.69, 9.17) is 9.15 Å². The molecule has 10 heteroatoms. The standard InChI is InChI=1S/C14H15N3O6S/c1-9-8-24-14(21)17(9)6-12(19)23-7-11(18)16-13(20)15-5-10-3-2-4-22-10/h2-4,8H,5-7H2,1H3,(H2,15,16,18,20). The largest absolute Gasteiger partial charge is 0.467 e. The molecule has 0 saturated carbocycles. The first-order valence-electron chi connectivity index (χ1n) is 6.86. The molecule has 0 unspecified atom stereocenters. The second-order valence-corrected chi connectivity index (χ2v) is 5.52. The van der Waals surface area contributed by atoms with Gasteiger partial charge in [0.05, 0.1) is 12.8 Å². The van der Waals surface area contributed by atoms with Crippen molar-refractivity contribution < 1.29 is 23.5 Å². The van der Waals surface area contributed by atoms with Gasteiger partial charge in [-0.25, -0.2) is 4.79 Å². The number of carbonyl (C=O) groups excluding carboxylic acids is 3. The van der Waals surface area contributed by atoms with Crippen molar-refractivity contribution in [3.05, 3.63) is 44.9 Å². The van der Waals surface area contributed by atoms with E-state index >= 15 is 0 Å². The van der Waals surface area contributed by atoms with E-state index in [-0.39, 0.29) is 18.0 Å². The van der Waals surface area contributed by atoms with Gasteiger partial charge in [0.15, 0.2) is 6.61 Å². The maximum atomic E-state index is 11.6. The van der Waals surface area contributed by atoms with E-state index in [1.807, 2.05) is 5.32 Å². The Morgan fingerprint density at radius 3 is 2.79 bits per heavy atom. The van der Waals surface area contributed by atoms with Gasteiger partial charge in [-0.05, 0) is 19.1 Å². The molecule has 0 spiro atoms. The molecule has 0 aliphatic rings. The predicted molar refractivity (Wildman–Crippen MR) is 83.4 cm³/mol. The second kappa shape index (κ2) is 8.11. The summed E-state index contributed by atoms with van der Waals surface area (Å²) < 4.78 is 11.0. The van der Waals surface area contributed by atoms with Gasteiger partial charge in [0.25, 0.3) is 5.91 Å². The number of hydrogen-bond acceptors (Lipinski definition) is 7. The van der Waals surface area contributed by atoms with Crippen molar-refractivity contribution in [2.75, 3.05) is 6.61 Å². The zero-order valence-electron chi connectivity index (χ0n) is 12.7. The van der Waals surface area contributed by atoms with Crippen molar-refractivity contribution in [1.82, 2.24) is 15.2 Å². The van der Waals surface area contributed by atoms with Crippen LogP contribution >= 0.6 is 11.3 Å². The van der Waals surface area contributed by atoms with Gasteiger partial charge in [-0.3, -0.25) is 24.3 Å². The van der Waals surface area contributed by atoms with Crippen LogP contribution in [0.25, 0.3) is 0 Å². The normalized spacial score (nSPS) is 10.2. The fourth-order valence-electron chi connectivity index (χ4n) is 1.70. The molecule has 0 atom stereocenters. The predicted octanol–water partition coefficient (Wildman–Crippen LogP) is 0.380. The lowest BCUT2D eigenvalue weighted by Gasteiger charge is -2.07. The van der Waals surface area contributed by atoms with Crippen LogP contribution in [-0.2, 0) is 27.4 Å². The second-order valence-electron chi connectivity index (χ2n) is 4.70. The summed E-state index contributed by atoms with van der Waals surface area (Å²) in [6, 6.07) is 2.59. The monoisotopic (exact) mass is 353 g/mol. The number of aromatic nitrogens is 1. The third-order valence-electron chi connectivity index (χ3n) is 2.88. The Morgan fingerprint density at radius 2 is 2.17 bits per heavy atom. The number of ether oxygens (including phenoxy) is 1. The number of carbonyl (C=O) groups is 3. The first-order valence-corrected chi connectivity index (χ1v) is 7.74. The molecular weight excluding hydrogens is 338 g/mol. The Bertz CT molecular complexity index is 777. The molecule has 2 N–H and O–H groups in total. The number of imide groups is 1. The van der Waals surface area contributed by atoms with E-state index in [1.54, 1.807) is 24.4 Å². The van der Waals surface area contributed by atoms with Crippen molar-refractivity contribution in [3.8, 4) is 0 Å².